The van der Waals surface area contributed by atoms with Gasteiger partial charge in [-0.1, -0.05) is 19.3 Å². The molecule has 2 atom stereocenters. The molecule has 0 bridgehead atoms. The van der Waals surface area contributed by atoms with Crippen molar-refractivity contribution in [3.05, 3.63) is 0 Å². The quantitative estimate of drug-likeness (QED) is 0.489. The zero-order valence-electron chi connectivity index (χ0n) is 9.26. The van der Waals surface area contributed by atoms with Gasteiger partial charge >= 0.3 is 0 Å². The molecule has 2 N–H and O–H groups in total. The third-order valence-electron chi connectivity index (χ3n) is 1.97. The number of hydrogen-bond acceptors (Lipinski definition) is 2. The van der Waals surface area contributed by atoms with E-state index in [2.05, 4.69) is 23.5 Å². The first-order chi connectivity index (χ1) is 6.61. The number of hydrogen-bond donors (Lipinski definition) is 2. The van der Waals surface area contributed by atoms with Gasteiger partial charge in [-0.3, -0.25) is 10.1 Å². The number of carbonyl (C=O) groups excluding carboxylic acids is 1. The van der Waals surface area contributed by atoms with Crippen LogP contribution in [0.5, 0.6) is 0 Å². The average Bonchev–Trinajstić information content (AvgIpc) is 2.17. The summed E-state index contributed by atoms with van der Waals surface area (Å²) in [5.74, 6) is 2.54. The van der Waals surface area contributed by atoms with Crippen molar-refractivity contribution in [2.75, 3.05) is 6.54 Å². The number of terminal acetylenes is 1. The second kappa shape index (κ2) is 7.40. The topological polar surface area (TPSA) is 41.1 Å². The number of rotatable bonds is 6. The van der Waals surface area contributed by atoms with E-state index in [0.717, 1.165) is 19.4 Å². The highest BCUT2D eigenvalue weighted by atomic mass is 16.2. The molecule has 0 aromatic carbocycles. The lowest BCUT2D eigenvalue weighted by Gasteiger charge is -2.15. The van der Waals surface area contributed by atoms with E-state index in [1.807, 2.05) is 13.8 Å². The molecule has 14 heavy (non-hydrogen) atoms. The first-order valence-electron chi connectivity index (χ1n) is 5.11. The summed E-state index contributed by atoms with van der Waals surface area (Å²) in [6.45, 7) is 6.50. The summed E-state index contributed by atoms with van der Waals surface area (Å²) in [7, 11) is 0. The van der Waals surface area contributed by atoms with E-state index in [4.69, 9.17) is 6.42 Å². The molecule has 2 unspecified atom stereocenters. The molecule has 0 aromatic heterocycles. The zero-order chi connectivity index (χ0) is 11.0. The molecule has 3 heteroatoms. The highest BCUT2D eigenvalue weighted by Gasteiger charge is 2.12. The van der Waals surface area contributed by atoms with Gasteiger partial charge in [-0.15, -0.1) is 6.42 Å². The number of nitrogens with one attached hydrogen (secondary N) is 2. The third kappa shape index (κ3) is 5.60. The minimum absolute atomic E-state index is 0.0144. The fourth-order valence-corrected chi connectivity index (χ4v) is 1.04. The van der Waals surface area contributed by atoms with E-state index in [1.54, 1.807) is 0 Å². The van der Waals surface area contributed by atoms with Gasteiger partial charge in [0.15, 0.2) is 0 Å². The highest BCUT2D eigenvalue weighted by Crippen LogP contribution is 1.88. The van der Waals surface area contributed by atoms with E-state index < -0.39 is 0 Å². The molecule has 0 saturated carbocycles. The third-order valence-corrected chi connectivity index (χ3v) is 1.97. The van der Waals surface area contributed by atoms with Gasteiger partial charge in [-0.25, -0.2) is 0 Å². The first-order valence-corrected chi connectivity index (χ1v) is 5.11. The maximum Gasteiger partial charge on any atom is 0.236 e. The van der Waals surface area contributed by atoms with Crippen molar-refractivity contribution in [3.8, 4) is 12.3 Å². The lowest BCUT2D eigenvalue weighted by molar-refractivity contribution is -0.122. The Labute approximate surface area is 86.6 Å². The summed E-state index contributed by atoms with van der Waals surface area (Å²) in [5, 5.41) is 5.85. The van der Waals surface area contributed by atoms with Gasteiger partial charge < -0.3 is 5.32 Å². The molecule has 1 amide bonds. The van der Waals surface area contributed by atoms with Crippen LogP contribution in [-0.2, 0) is 4.79 Å². The van der Waals surface area contributed by atoms with Gasteiger partial charge in [-0.2, -0.15) is 0 Å². The van der Waals surface area contributed by atoms with Gasteiger partial charge in [0.05, 0.1) is 12.1 Å². The van der Waals surface area contributed by atoms with Crippen molar-refractivity contribution >= 4 is 5.91 Å². The smallest absolute Gasteiger partial charge is 0.236 e. The highest BCUT2D eigenvalue weighted by molar-refractivity contribution is 5.81. The van der Waals surface area contributed by atoms with E-state index >= 15 is 0 Å². The van der Waals surface area contributed by atoms with Gasteiger partial charge in [0.25, 0.3) is 0 Å². The molecule has 80 valence electrons. The molecule has 0 aromatic rings. The molecular formula is C11H20N2O. The molecular weight excluding hydrogens is 176 g/mol. The van der Waals surface area contributed by atoms with Crippen LogP contribution in [0.15, 0.2) is 0 Å². The molecule has 3 nitrogen and oxygen atoms in total. The Kier molecular flexibility index (Phi) is 6.87. The Bertz CT molecular complexity index is 208. The van der Waals surface area contributed by atoms with Crippen molar-refractivity contribution in [3.63, 3.8) is 0 Å². The van der Waals surface area contributed by atoms with E-state index in [0.29, 0.717) is 0 Å². The van der Waals surface area contributed by atoms with Crippen molar-refractivity contribution in [1.82, 2.24) is 10.6 Å². The molecule has 0 radical (unpaired) electrons. The van der Waals surface area contributed by atoms with E-state index in [1.165, 1.54) is 0 Å². The summed E-state index contributed by atoms with van der Waals surface area (Å²) in [6, 6.07) is -0.292. The fraction of sp³-hybridized carbons (Fsp3) is 0.727. The van der Waals surface area contributed by atoms with Crippen LogP contribution in [0.25, 0.3) is 0 Å². The first kappa shape index (κ1) is 13.0. The van der Waals surface area contributed by atoms with Crippen LogP contribution in [0.2, 0.25) is 0 Å². The Morgan fingerprint density at radius 3 is 2.64 bits per heavy atom. The number of carbonyl (C=O) groups is 1. The van der Waals surface area contributed by atoms with Crippen molar-refractivity contribution < 1.29 is 4.79 Å². The maximum absolute atomic E-state index is 11.4. The standard InChI is InChI=1S/C11H20N2O/c1-5-7-8-12-11(14)10(4)13-9(3)6-2/h2,9-10,13H,5,7-8H2,1,3-4H3,(H,12,14). The van der Waals surface area contributed by atoms with Gasteiger partial charge in [-0.05, 0) is 20.3 Å². The van der Waals surface area contributed by atoms with E-state index in [-0.39, 0.29) is 18.0 Å². The van der Waals surface area contributed by atoms with Gasteiger partial charge in [0.1, 0.15) is 0 Å². The average molecular weight is 196 g/mol. The Hall–Kier alpha value is -1.01. The molecule has 0 fully saturated rings. The molecule has 0 heterocycles. The van der Waals surface area contributed by atoms with E-state index in [9.17, 15) is 4.79 Å². The van der Waals surface area contributed by atoms with Crippen LogP contribution in [0.1, 0.15) is 33.6 Å². The summed E-state index contributed by atoms with van der Waals surface area (Å²) < 4.78 is 0. The minimum Gasteiger partial charge on any atom is -0.355 e. The monoisotopic (exact) mass is 196 g/mol. The summed E-state index contributed by atoms with van der Waals surface area (Å²) in [4.78, 5) is 11.4. The second-order valence-corrected chi connectivity index (χ2v) is 3.42. The van der Waals surface area contributed by atoms with Crippen molar-refractivity contribution in [1.29, 1.82) is 0 Å². The molecule has 0 spiro atoms. The summed E-state index contributed by atoms with van der Waals surface area (Å²) in [6.07, 6.45) is 7.30. The largest absolute Gasteiger partial charge is 0.355 e. The SMILES string of the molecule is C#CC(C)NC(C)C(=O)NCCCC. The van der Waals surface area contributed by atoms with Crippen molar-refractivity contribution in [2.45, 2.75) is 45.7 Å². The van der Waals surface area contributed by atoms with Crippen LogP contribution in [0.4, 0.5) is 0 Å². The Morgan fingerprint density at radius 2 is 2.14 bits per heavy atom. The van der Waals surface area contributed by atoms with Crippen LogP contribution in [0.3, 0.4) is 0 Å². The molecule has 0 aliphatic carbocycles. The molecule has 0 aliphatic heterocycles. The molecule has 0 rings (SSSR count). The summed E-state index contributed by atoms with van der Waals surface area (Å²) >= 11 is 0. The second-order valence-electron chi connectivity index (χ2n) is 3.42. The van der Waals surface area contributed by atoms with Crippen LogP contribution in [-0.4, -0.2) is 24.5 Å². The number of unbranched alkanes of at least 4 members (excludes halogenated alkanes) is 1. The normalized spacial score (nSPS) is 14.1. The predicted octanol–water partition coefficient (Wildman–Crippen LogP) is 0.902. The zero-order valence-corrected chi connectivity index (χ0v) is 9.26. The lowest BCUT2D eigenvalue weighted by atomic mass is 10.2. The predicted molar refractivity (Wildman–Crippen MR) is 58.8 cm³/mol. The molecule has 0 aliphatic rings. The molecule has 0 saturated heterocycles. The Morgan fingerprint density at radius 1 is 1.50 bits per heavy atom. The van der Waals surface area contributed by atoms with Crippen molar-refractivity contribution in [2.24, 2.45) is 0 Å². The lowest BCUT2D eigenvalue weighted by Crippen LogP contribution is -2.45. The number of amides is 1. The minimum atomic E-state index is -0.224. The van der Waals surface area contributed by atoms with Gasteiger partial charge in [0, 0.05) is 6.54 Å². The van der Waals surface area contributed by atoms with Crippen LogP contribution in [0, 0.1) is 12.3 Å². The summed E-state index contributed by atoms with van der Waals surface area (Å²) in [5.41, 5.74) is 0. The van der Waals surface area contributed by atoms with Gasteiger partial charge in [0.2, 0.25) is 5.91 Å². The fourth-order valence-electron chi connectivity index (χ4n) is 1.04. The van der Waals surface area contributed by atoms with Crippen LogP contribution < -0.4 is 10.6 Å². The maximum atomic E-state index is 11.4. The Balaban J connectivity index is 3.71. The van der Waals surface area contributed by atoms with Crippen LogP contribution >= 0.6 is 0 Å².